The second kappa shape index (κ2) is 5.18. The van der Waals surface area contributed by atoms with E-state index in [0.717, 1.165) is 5.75 Å². The van der Waals surface area contributed by atoms with E-state index in [9.17, 15) is 8.42 Å². The molecule has 0 heterocycles. The van der Waals surface area contributed by atoms with Crippen molar-refractivity contribution in [3.05, 3.63) is 24.3 Å². The molecule has 4 nitrogen and oxygen atoms in total. The summed E-state index contributed by atoms with van der Waals surface area (Å²) in [7, 11) is -3.56. The lowest BCUT2D eigenvalue weighted by Crippen LogP contribution is -1.97. The van der Waals surface area contributed by atoms with Crippen LogP contribution in [0.4, 0.5) is 5.69 Å². The largest absolute Gasteiger partial charge is 0.399 e. The Morgan fingerprint density at radius 1 is 1.40 bits per heavy atom. The number of rotatable bonds is 4. The first-order chi connectivity index (χ1) is 7.06. The van der Waals surface area contributed by atoms with Crippen LogP contribution in [-0.2, 0) is 10.0 Å². The van der Waals surface area contributed by atoms with Crippen LogP contribution in [0.15, 0.2) is 33.6 Å². The third-order valence-electron chi connectivity index (χ3n) is 1.60. The van der Waals surface area contributed by atoms with Crippen LogP contribution in [0.2, 0.25) is 0 Å². The van der Waals surface area contributed by atoms with E-state index in [1.54, 1.807) is 0 Å². The van der Waals surface area contributed by atoms with E-state index < -0.39 is 10.0 Å². The van der Waals surface area contributed by atoms with Crippen molar-refractivity contribution in [1.29, 1.82) is 0 Å². The molecule has 0 unspecified atom stereocenters. The third-order valence-corrected chi connectivity index (χ3v) is 3.57. The van der Waals surface area contributed by atoms with Gasteiger partial charge in [-0.2, -0.15) is 12.8 Å². The number of thioether (sulfide) groups is 1. The molecule has 0 aliphatic heterocycles. The lowest BCUT2D eigenvalue weighted by molar-refractivity contribution is 0.598. The molecular formula is C9H12N2O2S2. The first kappa shape index (κ1) is 12.1. The Bertz CT molecular complexity index is 438. The fourth-order valence-electron chi connectivity index (χ4n) is 0.862. The Kier molecular flexibility index (Phi) is 4.16. The molecule has 82 valence electrons. The molecule has 6 heteroatoms. The average molecular weight is 244 g/mol. The van der Waals surface area contributed by atoms with Gasteiger partial charge in [-0.15, -0.1) is 11.8 Å². The van der Waals surface area contributed by atoms with Gasteiger partial charge < -0.3 is 5.73 Å². The maximum Gasteiger partial charge on any atom is 0.282 e. The summed E-state index contributed by atoms with van der Waals surface area (Å²) in [6.07, 6.45) is 0. The van der Waals surface area contributed by atoms with Crippen LogP contribution in [0.1, 0.15) is 6.92 Å². The van der Waals surface area contributed by atoms with Crippen LogP contribution >= 0.6 is 11.8 Å². The van der Waals surface area contributed by atoms with Crippen molar-refractivity contribution in [1.82, 2.24) is 0 Å². The minimum absolute atomic E-state index is 0.157. The molecule has 0 amide bonds. The second-order valence-electron chi connectivity index (χ2n) is 2.71. The minimum atomic E-state index is -3.56. The molecule has 0 saturated carbocycles. The van der Waals surface area contributed by atoms with E-state index in [1.807, 2.05) is 6.92 Å². The minimum Gasteiger partial charge on any atom is -0.399 e. The second-order valence-corrected chi connectivity index (χ2v) is 5.46. The Labute approximate surface area is 93.6 Å². The number of nitrogens with zero attached hydrogens (tertiary/aromatic N) is 1. The van der Waals surface area contributed by atoms with Gasteiger partial charge in [0.2, 0.25) is 0 Å². The van der Waals surface area contributed by atoms with Crippen LogP contribution in [0.5, 0.6) is 0 Å². The molecule has 0 aliphatic rings. The number of hydrogen-bond acceptors (Lipinski definition) is 4. The summed E-state index contributed by atoms with van der Waals surface area (Å²) < 4.78 is 26.6. The monoisotopic (exact) mass is 244 g/mol. The van der Waals surface area contributed by atoms with Crippen molar-refractivity contribution in [2.75, 3.05) is 11.5 Å². The first-order valence-corrected chi connectivity index (χ1v) is 6.81. The molecular weight excluding hydrogens is 232 g/mol. The van der Waals surface area contributed by atoms with Gasteiger partial charge in [-0.05, 0) is 30.0 Å². The van der Waals surface area contributed by atoms with Crippen molar-refractivity contribution >= 4 is 33.0 Å². The standard InChI is InChI=1S/C9H12N2O2S2/c1-2-14-7-11-15(12,13)9-5-3-8(10)4-6-9/h3-7H,2,10H2,1H3. The van der Waals surface area contributed by atoms with Crippen molar-refractivity contribution < 1.29 is 8.42 Å². The lowest BCUT2D eigenvalue weighted by atomic mass is 10.3. The van der Waals surface area contributed by atoms with E-state index in [1.165, 1.54) is 41.6 Å². The summed E-state index contributed by atoms with van der Waals surface area (Å²) in [4.78, 5) is 0.157. The molecule has 15 heavy (non-hydrogen) atoms. The molecule has 0 radical (unpaired) electrons. The smallest absolute Gasteiger partial charge is 0.282 e. The van der Waals surface area contributed by atoms with Crippen LogP contribution in [0, 0.1) is 0 Å². The molecule has 1 aromatic carbocycles. The Balaban J connectivity index is 2.91. The van der Waals surface area contributed by atoms with Gasteiger partial charge in [0.25, 0.3) is 10.0 Å². The molecule has 0 aromatic heterocycles. The van der Waals surface area contributed by atoms with Crippen molar-refractivity contribution in [3.8, 4) is 0 Å². The van der Waals surface area contributed by atoms with Gasteiger partial charge in [0.05, 0.1) is 10.4 Å². The zero-order chi connectivity index (χ0) is 11.3. The van der Waals surface area contributed by atoms with Gasteiger partial charge in [0.15, 0.2) is 0 Å². The van der Waals surface area contributed by atoms with E-state index >= 15 is 0 Å². The van der Waals surface area contributed by atoms with E-state index in [0.29, 0.717) is 5.69 Å². The summed E-state index contributed by atoms with van der Waals surface area (Å²) in [5.41, 5.74) is 7.32. The van der Waals surface area contributed by atoms with Gasteiger partial charge in [-0.1, -0.05) is 6.92 Å². The molecule has 0 atom stereocenters. The number of anilines is 1. The average Bonchev–Trinajstić information content (AvgIpc) is 2.18. The van der Waals surface area contributed by atoms with Gasteiger partial charge in [-0.3, -0.25) is 0 Å². The topological polar surface area (TPSA) is 72.5 Å². The Hall–Kier alpha value is -1.01. The molecule has 0 spiro atoms. The van der Waals surface area contributed by atoms with E-state index in [-0.39, 0.29) is 4.90 Å². The SMILES string of the molecule is CCSC=NS(=O)(=O)c1ccc(N)cc1. The predicted molar refractivity (Wildman–Crippen MR) is 64.7 cm³/mol. The van der Waals surface area contributed by atoms with Gasteiger partial charge in [0, 0.05) is 5.69 Å². The Morgan fingerprint density at radius 3 is 2.53 bits per heavy atom. The third kappa shape index (κ3) is 3.56. The fourth-order valence-corrected chi connectivity index (χ4v) is 2.31. The quantitative estimate of drug-likeness (QED) is 0.497. The molecule has 0 saturated heterocycles. The zero-order valence-corrected chi connectivity index (χ0v) is 9.88. The lowest BCUT2D eigenvalue weighted by Gasteiger charge is -1.98. The van der Waals surface area contributed by atoms with E-state index in [2.05, 4.69) is 4.40 Å². The first-order valence-electron chi connectivity index (χ1n) is 4.32. The Morgan fingerprint density at radius 2 is 2.00 bits per heavy atom. The highest BCUT2D eigenvalue weighted by Gasteiger charge is 2.10. The van der Waals surface area contributed by atoms with Gasteiger partial charge in [0.1, 0.15) is 0 Å². The summed E-state index contributed by atoms with van der Waals surface area (Å²) in [5.74, 6) is 0.792. The van der Waals surface area contributed by atoms with Crippen molar-refractivity contribution in [3.63, 3.8) is 0 Å². The van der Waals surface area contributed by atoms with Crippen molar-refractivity contribution in [2.45, 2.75) is 11.8 Å². The number of benzene rings is 1. The molecule has 0 bridgehead atoms. The molecule has 2 N–H and O–H groups in total. The van der Waals surface area contributed by atoms with Gasteiger partial charge >= 0.3 is 0 Å². The normalized spacial score (nSPS) is 12.1. The number of sulfonamides is 1. The van der Waals surface area contributed by atoms with E-state index in [4.69, 9.17) is 5.73 Å². The number of nitrogens with two attached hydrogens (primary N) is 1. The summed E-state index contributed by atoms with van der Waals surface area (Å²) >= 11 is 1.34. The maximum atomic E-state index is 11.6. The van der Waals surface area contributed by atoms with Crippen LogP contribution < -0.4 is 5.73 Å². The predicted octanol–water partition coefficient (Wildman–Crippen LogP) is 1.74. The number of nitrogen functional groups attached to an aromatic ring is 1. The van der Waals surface area contributed by atoms with Gasteiger partial charge in [-0.25, -0.2) is 0 Å². The summed E-state index contributed by atoms with van der Waals surface area (Å²) in [5, 5.41) is 0. The fraction of sp³-hybridized carbons (Fsp3) is 0.222. The highest BCUT2D eigenvalue weighted by atomic mass is 32.2. The summed E-state index contributed by atoms with van der Waals surface area (Å²) in [6.45, 7) is 1.92. The molecule has 0 fully saturated rings. The zero-order valence-electron chi connectivity index (χ0n) is 8.25. The van der Waals surface area contributed by atoms with Crippen LogP contribution in [0.3, 0.4) is 0 Å². The van der Waals surface area contributed by atoms with Crippen LogP contribution in [0.25, 0.3) is 0 Å². The maximum absolute atomic E-state index is 11.6. The highest BCUT2D eigenvalue weighted by Crippen LogP contribution is 2.14. The van der Waals surface area contributed by atoms with Crippen LogP contribution in [-0.4, -0.2) is 19.7 Å². The molecule has 0 aliphatic carbocycles. The molecule has 1 aromatic rings. The summed E-state index contributed by atoms with van der Waals surface area (Å²) in [6, 6.07) is 5.96. The number of hydrogen-bond donors (Lipinski definition) is 1. The molecule has 1 rings (SSSR count). The highest BCUT2D eigenvalue weighted by molar-refractivity contribution is 8.12. The van der Waals surface area contributed by atoms with Crippen molar-refractivity contribution in [2.24, 2.45) is 4.40 Å².